The highest BCUT2D eigenvalue weighted by molar-refractivity contribution is 5.96. The van der Waals surface area contributed by atoms with Crippen LogP contribution in [-0.4, -0.2) is 35.3 Å². The van der Waals surface area contributed by atoms with Gasteiger partial charge in [0.2, 0.25) is 11.8 Å². The third-order valence-corrected chi connectivity index (χ3v) is 4.45. The van der Waals surface area contributed by atoms with Crippen molar-refractivity contribution in [3.8, 4) is 0 Å². The Hall–Kier alpha value is -1.06. The molecule has 2 fully saturated rings. The molecule has 0 spiro atoms. The van der Waals surface area contributed by atoms with Crippen LogP contribution in [0.4, 0.5) is 0 Å². The van der Waals surface area contributed by atoms with E-state index in [0.717, 1.165) is 31.7 Å². The van der Waals surface area contributed by atoms with Crippen LogP contribution in [-0.2, 0) is 9.59 Å². The van der Waals surface area contributed by atoms with E-state index in [0.29, 0.717) is 11.8 Å². The first-order valence-corrected chi connectivity index (χ1v) is 8.49. The van der Waals surface area contributed by atoms with Gasteiger partial charge in [-0.05, 0) is 37.0 Å². The molecule has 2 aliphatic rings. The van der Waals surface area contributed by atoms with Gasteiger partial charge in [0, 0.05) is 6.54 Å². The van der Waals surface area contributed by atoms with Crippen molar-refractivity contribution in [2.24, 2.45) is 17.8 Å². The number of rotatable bonds is 7. The normalized spacial score (nSPS) is 26.7. The summed E-state index contributed by atoms with van der Waals surface area (Å²) in [7, 11) is 0. The molecule has 4 nitrogen and oxygen atoms in total. The number of carbonyl (C=O) groups excluding carboxylic acids is 2. The first-order valence-electron chi connectivity index (χ1n) is 8.49. The zero-order valence-electron chi connectivity index (χ0n) is 13.9. The van der Waals surface area contributed by atoms with Gasteiger partial charge in [-0.3, -0.25) is 9.59 Å². The topological polar surface area (TPSA) is 49.4 Å². The highest BCUT2D eigenvalue weighted by Gasteiger charge is 2.41. The molecule has 1 N–H and O–H groups in total. The molecular formula is C17H30N2O2. The SMILES string of the molecule is CC(C)CC1NC(=O)C(CC(C)C)N(CCC2CC2)C1=O. The molecule has 1 saturated carbocycles. The van der Waals surface area contributed by atoms with E-state index < -0.39 is 0 Å². The van der Waals surface area contributed by atoms with Crippen LogP contribution < -0.4 is 5.32 Å². The van der Waals surface area contributed by atoms with Crippen molar-refractivity contribution in [3.05, 3.63) is 0 Å². The number of carbonyl (C=O) groups is 2. The van der Waals surface area contributed by atoms with Gasteiger partial charge in [-0.1, -0.05) is 40.5 Å². The molecule has 2 amide bonds. The quantitative estimate of drug-likeness (QED) is 0.784. The fourth-order valence-electron chi connectivity index (χ4n) is 3.13. The van der Waals surface area contributed by atoms with Crippen molar-refractivity contribution in [2.75, 3.05) is 6.54 Å². The average Bonchev–Trinajstić information content (AvgIpc) is 3.18. The number of nitrogens with zero attached hydrogens (tertiary/aromatic N) is 1. The van der Waals surface area contributed by atoms with Crippen LogP contribution in [0.2, 0.25) is 0 Å². The third-order valence-electron chi connectivity index (χ3n) is 4.45. The molecule has 21 heavy (non-hydrogen) atoms. The summed E-state index contributed by atoms with van der Waals surface area (Å²) in [4.78, 5) is 27.1. The van der Waals surface area contributed by atoms with Gasteiger partial charge in [-0.25, -0.2) is 0 Å². The van der Waals surface area contributed by atoms with E-state index in [1.165, 1.54) is 12.8 Å². The van der Waals surface area contributed by atoms with Crippen molar-refractivity contribution < 1.29 is 9.59 Å². The summed E-state index contributed by atoms with van der Waals surface area (Å²) in [5, 5.41) is 2.96. The summed E-state index contributed by atoms with van der Waals surface area (Å²) in [6, 6.07) is -0.584. The summed E-state index contributed by atoms with van der Waals surface area (Å²) >= 11 is 0. The molecule has 1 aliphatic heterocycles. The van der Waals surface area contributed by atoms with E-state index >= 15 is 0 Å². The van der Waals surface area contributed by atoms with Crippen LogP contribution in [0.25, 0.3) is 0 Å². The maximum absolute atomic E-state index is 12.7. The lowest BCUT2D eigenvalue weighted by atomic mass is 9.94. The van der Waals surface area contributed by atoms with Crippen LogP contribution in [0, 0.1) is 17.8 Å². The zero-order valence-corrected chi connectivity index (χ0v) is 13.9. The van der Waals surface area contributed by atoms with Crippen molar-refractivity contribution in [3.63, 3.8) is 0 Å². The van der Waals surface area contributed by atoms with E-state index in [-0.39, 0.29) is 23.9 Å². The van der Waals surface area contributed by atoms with Crippen molar-refractivity contribution in [1.82, 2.24) is 10.2 Å². The van der Waals surface area contributed by atoms with Gasteiger partial charge in [0.1, 0.15) is 12.1 Å². The number of nitrogens with one attached hydrogen (secondary N) is 1. The Labute approximate surface area is 128 Å². The molecular weight excluding hydrogens is 264 g/mol. The Balaban J connectivity index is 2.07. The first-order chi connectivity index (χ1) is 9.88. The predicted molar refractivity (Wildman–Crippen MR) is 83.7 cm³/mol. The van der Waals surface area contributed by atoms with E-state index in [9.17, 15) is 9.59 Å². The van der Waals surface area contributed by atoms with Gasteiger partial charge in [0.15, 0.2) is 0 Å². The van der Waals surface area contributed by atoms with E-state index in [1.54, 1.807) is 0 Å². The Morgan fingerprint density at radius 1 is 1.10 bits per heavy atom. The van der Waals surface area contributed by atoms with Crippen molar-refractivity contribution in [2.45, 2.75) is 71.9 Å². The minimum absolute atomic E-state index is 0.0461. The maximum atomic E-state index is 12.7. The van der Waals surface area contributed by atoms with E-state index in [4.69, 9.17) is 0 Å². The summed E-state index contributed by atoms with van der Waals surface area (Å²) in [5.41, 5.74) is 0. The molecule has 0 radical (unpaired) electrons. The van der Waals surface area contributed by atoms with Crippen molar-refractivity contribution in [1.29, 1.82) is 0 Å². The van der Waals surface area contributed by atoms with Gasteiger partial charge < -0.3 is 10.2 Å². The van der Waals surface area contributed by atoms with E-state index in [2.05, 4.69) is 33.0 Å². The lowest BCUT2D eigenvalue weighted by molar-refractivity contribution is -0.150. The fourth-order valence-corrected chi connectivity index (χ4v) is 3.13. The Morgan fingerprint density at radius 2 is 1.71 bits per heavy atom. The van der Waals surface area contributed by atoms with Crippen LogP contribution >= 0.6 is 0 Å². The minimum Gasteiger partial charge on any atom is -0.342 e. The van der Waals surface area contributed by atoms with Gasteiger partial charge >= 0.3 is 0 Å². The highest BCUT2D eigenvalue weighted by Crippen LogP contribution is 2.33. The number of hydrogen-bond donors (Lipinski definition) is 1. The summed E-state index contributed by atoms with van der Waals surface area (Å²) in [5.74, 6) is 1.79. The molecule has 0 aromatic heterocycles. The Morgan fingerprint density at radius 3 is 2.24 bits per heavy atom. The molecule has 120 valence electrons. The maximum Gasteiger partial charge on any atom is 0.245 e. The molecule has 4 heteroatoms. The standard InChI is InChI=1S/C17H30N2O2/c1-11(2)9-14-17(21)19(8-7-13-5-6-13)15(10-12(3)4)16(20)18-14/h11-15H,5-10H2,1-4H3,(H,18,20). The summed E-state index contributed by atoms with van der Waals surface area (Å²) in [6.45, 7) is 9.15. The summed E-state index contributed by atoms with van der Waals surface area (Å²) < 4.78 is 0. The lowest BCUT2D eigenvalue weighted by Gasteiger charge is -2.40. The zero-order chi connectivity index (χ0) is 15.6. The largest absolute Gasteiger partial charge is 0.342 e. The second-order valence-electron chi connectivity index (χ2n) is 7.60. The molecule has 2 unspecified atom stereocenters. The van der Waals surface area contributed by atoms with Crippen LogP contribution in [0.5, 0.6) is 0 Å². The van der Waals surface area contributed by atoms with Gasteiger partial charge in [0.05, 0.1) is 0 Å². The van der Waals surface area contributed by atoms with Crippen LogP contribution in [0.15, 0.2) is 0 Å². The van der Waals surface area contributed by atoms with Crippen molar-refractivity contribution >= 4 is 11.8 Å². The monoisotopic (exact) mass is 294 g/mol. The minimum atomic E-state index is -0.319. The Bertz CT molecular complexity index is 388. The number of piperazine rings is 1. The van der Waals surface area contributed by atoms with Crippen LogP contribution in [0.1, 0.15) is 59.8 Å². The van der Waals surface area contributed by atoms with E-state index in [1.807, 2.05) is 4.90 Å². The van der Waals surface area contributed by atoms with Gasteiger partial charge in [-0.2, -0.15) is 0 Å². The second kappa shape index (κ2) is 6.80. The molecule has 0 aromatic rings. The Kier molecular flexibility index (Phi) is 5.28. The van der Waals surface area contributed by atoms with Crippen LogP contribution in [0.3, 0.4) is 0 Å². The molecule has 1 aliphatic carbocycles. The second-order valence-corrected chi connectivity index (χ2v) is 7.60. The molecule has 1 saturated heterocycles. The number of hydrogen-bond acceptors (Lipinski definition) is 2. The fraction of sp³-hybridized carbons (Fsp3) is 0.882. The third kappa shape index (κ3) is 4.45. The lowest BCUT2D eigenvalue weighted by Crippen LogP contribution is -2.63. The first kappa shape index (κ1) is 16.3. The molecule has 2 rings (SSSR count). The predicted octanol–water partition coefficient (Wildman–Crippen LogP) is 2.57. The average molecular weight is 294 g/mol. The molecule has 0 bridgehead atoms. The van der Waals surface area contributed by atoms with Gasteiger partial charge in [-0.15, -0.1) is 0 Å². The molecule has 0 aromatic carbocycles. The van der Waals surface area contributed by atoms with Gasteiger partial charge in [0.25, 0.3) is 0 Å². The highest BCUT2D eigenvalue weighted by atomic mass is 16.2. The summed E-state index contributed by atoms with van der Waals surface area (Å²) in [6.07, 6.45) is 5.13. The molecule has 1 heterocycles. The number of amides is 2. The smallest absolute Gasteiger partial charge is 0.245 e. The molecule has 2 atom stereocenters.